The maximum absolute atomic E-state index is 13.5. The van der Waals surface area contributed by atoms with Crippen molar-refractivity contribution in [3.63, 3.8) is 0 Å². The Labute approximate surface area is 219 Å². The minimum absolute atomic E-state index is 0.00518. The molecule has 0 saturated heterocycles. The second kappa shape index (κ2) is 14.4. The molecule has 0 heterocycles. The Morgan fingerprint density at radius 2 is 1.06 bits per heavy atom. The van der Waals surface area contributed by atoms with Gasteiger partial charge in [0.2, 0.25) is 17.7 Å². The lowest BCUT2D eigenvalue weighted by atomic mass is 9.82. The SMILES string of the molecule is CC1CCCCC1NC(=O)CCCC(C(=O)NC1CCCCC1C)C(C)C(=O)NC1CCCCC1C. The standard InChI is InChI=1S/C30H53N3O3/c1-20-12-5-8-16-25(20)31-28(34)19-11-15-24(30(36)33-27-18-10-7-14-22(27)3)23(4)29(35)32-26-17-9-6-13-21(26)2/h20-27H,5-19H2,1-4H3,(H,31,34)(H,32,35)(H,33,36). The molecule has 8 unspecified atom stereocenters. The molecule has 3 N–H and O–H groups in total. The molecule has 3 fully saturated rings. The summed E-state index contributed by atoms with van der Waals surface area (Å²) in [4.78, 5) is 39.5. The zero-order valence-electron chi connectivity index (χ0n) is 23.5. The van der Waals surface area contributed by atoms with Crippen LogP contribution in [0.25, 0.3) is 0 Å². The number of nitrogens with one attached hydrogen (secondary N) is 3. The highest BCUT2D eigenvalue weighted by Crippen LogP contribution is 2.28. The first-order chi connectivity index (χ1) is 17.3. The molecular weight excluding hydrogens is 450 g/mol. The zero-order chi connectivity index (χ0) is 26.1. The van der Waals surface area contributed by atoms with Gasteiger partial charge in [0.05, 0.1) is 0 Å². The first-order valence-electron chi connectivity index (χ1n) is 15.2. The van der Waals surface area contributed by atoms with Gasteiger partial charge >= 0.3 is 0 Å². The third-order valence-corrected chi connectivity index (χ3v) is 9.61. The summed E-state index contributed by atoms with van der Waals surface area (Å²) < 4.78 is 0. The molecule has 8 atom stereocenters. The van der Waals surface area contributed by atoms with Crippen LogP contribution in [-0.4, -0.2) is 35.8 Å². The largest absolute Gasteiger partial charge is 0.353 e. The van der Waals surface area contributed by atoms with E-state index in [4.69, 9.17) is 0 Å². The molecule has 3 amide bonds. The van der Waals surface area contributed by atoms with Crippen molar-refractivity contribution in [3.05, 3.63) is 0 Å². The highest BCUT2D eigenvalue weighted by molar-refractivity contribution is 5.87. The van der Waals surface area contributed by atoms with Crippen LogP contribution in [-0.2, 0) is 14.4 Å². The molecule has 0 spiro atoms. The van der Waals surface area contributed by atoms with Crippen LogP contribution in [0.1, 0.15) is 124 Å². The maximum atomic E-state index is 13.5. The molecule has 0 aromatic carbocycles. The highest BCUT2D eigenvalue weighted by atomic mass is 16.2. The summed E-state index contributed by atoms with van der Waals surface area (Å²) in [6.07, 6.45) is 15.4. The van der Waals surface area contributed by atoms with Crippen molar-refractivity contribution in [2.45, 2.75) is 142 Å². The topological polar surface area (TPSA) is 87.3 Å². The van der Waals surface area contributed by atoms with E-state index in [1.807, 2.05) is 6.92 Å². The van der Waals surface area contributed by atoms with Gasteiger partial charge in [0.15, 0.2) is 0 Å². The molecule has 3 saturated carbocycles. The minimum Gasteiger partial charge on any atom is -0.353 e. The third kappa shape index (κ3) is 8.48. The van der Waals surface area contributed by atoms with Crippen molar-refractivity contribution < 1.29 is 14.4 Å². The van der Waals surface area contributed by atoms with Crippen molar-refractivity contribution in [2.24, 2.45) is 29.6 Å². The Hall–Kier alpha value is -1.59. The molecule has 0 aromatic rings. The van der Waals surface area contributed by atoms with E-state index < -0.39 is 11.8 Å². The Morgan fingerprint density at radius 3 is 1.53 bits per heavy atom. The normalized spacial score (nSPS) is 32.7. The first-order valence-corrected chi connectivity index (χ1v) is 15.2. The van der Waals surface area contributed by atoms with Crippen molar-refractivity contribution >= 4 is 17.7 Å². The summed E-state index contributed by atoms with van der Waals surface area (Å²) in [6.45, 7) is 8.57. The van der Waals surface area contributed by atoms with Gasteiger partial charge in [-0.15, -0.1) is 0 Å². The van der Waals surface area contributed by atoms with E-state index >= 15 is 0 Å². The third-order valence-electron chi connectivity index (χ3n) is 9.61. The Morgan fingerprint density at radius 1 is 0.639 bits per heavy atom. The number of hydrogen-bond acceptors (Lipinski definition) is 3. The molecule has 0 bridgehead atoms. The van der Waals surface area contributed by atoms with Crippen LogP contribution >= 0.6 is 0 Å². The summed E-state index contributed by atoms with van der Waals surface area (Å²) in [5, 5.41) is 9.82. The van der Waals surface area contributed by atoms with Crippen molar-refractivity contribution in [1.82, 2.24) is 16.0 Å². The lowest BCUT2D eigenvalue weighted by Crippen LogP contribution is -2.49. The molecule has 6 heteroatoms. The second-order valence-corrected chi connectivity index (χ2v) is 12.5. The number of carbonyl (C=O) groups excluding carboxylic acids is 3. The fourth-order valence-corrected chi connectivity index (χ4v) is 6.75. The first kappa shape index (κ1) is 29.0. The van der Waals surface area contributed by atoms with Gasteiger partial charge in [-0.1, -0.05) is 66.2 Å². The lowest BCUT2D eigenvalue weighted by molar-refractivity contribution is -0.136. The molecule has 36 heavy (non-hydrogen) atoms. The molecule has 3 rings (SSSR count). The van der Waals surface area contributed by atoms with Gasteiger partial charge in [0, 0.05) is 36.4 Å². The van der Waals surface area contributed by atoms with E-state index in [2.05, 4.69) is 36.7 Å². The lowest BCUT2D eigenvalue weighted by Gasteiger charge is -2.34. The number of rotatable bonds is 10. The van der Waals surface area contributed by atoms with Gasteiger partial charge in [-0.2, -0.15) is 0 Å². The highest BCUT2D eigenvalue weighted by Gasteiger charge is 2.34. The van der Waals surface area contributed by atoms with Crippen LogP contribution in [0.2, 0.25) is 0 Å². The average Bonchev–Trinajstić information content (AvgIpc) is 2.85. The van der Waals surface area contributed by atoms with Crippen LogP contribution in [0, 0.1) is 29.6 Å². The van der Waals surface area contributed by atoms with E-state index in [9.17, 15) is 14.4 Å². The van der Waals surface area contributed by atoms with E-state index in [-0.39, 0.29) is 35.8 Å². The number of hydrogen-bond donors (Lipinski definition) is 3. The summed E-state index contributed by atoms with van der Waals surface area (Å²) in [7, 11) is 0. The van der Waals surface area contributed by atoms with Crippen molar-refractivity contribution in [1.29, 1.82) is 0 Å². The van der Waals surface area contributed by atoms with Gasteiger partial charge in [-0.3, -0.25) is 14.4 Å². The van der Waals surface area contributed by atoms with Crippen LogP contribution in [0.4, 0.5) is 0 Å². The van der Waals surface area contributed by atoms with Crippen LogP contribution in [0.5, 0.6) is 0 Å². The molecule has 3 aliphatic rings. The van der Waals surface area contributed by atoms with Crippen LogP contribution in [0.15, 0.2) is 0 Å². The Balaban J connectivity index is 1.58. The zero-order valence-corrected chi connectivity index (χ0v) is 23.5. The quantitative estimate of drug-likeness (QED) is 0.368. The summed E-state index contributed by atoms with van der Waals surface area (Å²) in [5.74, 6) is 0.751. The molecular formula is C30H53N3O3. The summed E-state index contributed by atoms with van der Waals surface area (Å²) >= 11 is 0. The summed E-state index contributed by atoms with van der Waals surface area (Å²) in [5.41, 5.74) is 0. The predicted molar refractivity (Wildman–Crippen MR) is 145 cm³/mol. The molecule has 6 nitrogen and oxygen atoms in total. The van der Waals surface area contributed by atoms with Gasteiger partial charge in [-0.05, 0) is 69.1 Å². The maximum Gasteiger partial charge on any atom is 0.224 e. The van der Waals surface area contributed by atoms with Crippen molar-refractivity contribution in [2.75, 3.05) is 0 Å². The van der Waals surface area contributed by atoms with Crippen molar-refractivity contribution in [3.8, 4) is 0 Å². The van der Waals surface area contributed by atoms with E-state index in [0.29, 0.717) is 37.0 Å². The van der Waals surface area contributed by atoms with Gasteiger partial charge < -0.3 is 16.0 Å². The number of amides is 3. The molecule has 0 aromatic heterocycles. The van der Waals surface area contributed by atoms with E-state index in [0.717, 1.165) is 44.9 Å². The van der Waals surface area contributed by atoms with Gasteiger partial charge in [-0.25, -0.2) is 0 Å². The molecule has 0 radical (unpaired) electrons. The van der Waals surface area contributed by atoms with Gasteiger partial charge in [0.1, 0.15) is 0 Å². The number of carbonyl (C=O) groups is 3. The minimum atomic E-state index is -0.403. The van der Waals surface area contributed by atoms with Crippen LogP contribution < -0.4 is 16.0 Å². The predicted octanol–water partition coefficient (Wildman–Crippen LogP) is 5.49. The van der Waals surface area contributed by atoms with Crippen LogP contribution in [0.3, 0.4) is 0 Å². The molecule has 3 aliphatic carbocycles. The van der Waals surface area contributed by atoms with Gasteiger partial charge in [0.25, 0.3) is 0 Å². The fourth-order valence-electron chi connectivity index (χ4n) is 6.75. The molecule has 0 aliphatic heterocycles. The molecule has 206 valence electrons. The summed E-state index contributed by atoms with van der Waals surface area (Å²) in [6, 6.07) is 0.679. The second-order valence-electron chi connectivity index (χ2n) is 12.5. The van der Waals surface area contributed by atoms with E-state index in [1.54, 1.807) is 0 Å². The smallest absolute Gasteiger partial charge is 0.224 e. The van der Waals surface area contributed by atoms with E-state index in [1.165, 1.54) is 32.1 Å². The average molecular weight is 504 g/mol. The fraction of sp³-hybridized carbons (Fsp3) is 0.900. The monoisotopic (exact) mass is 503 g/mol. The Bertz CT molecular complexity index is 726. The Kier molecular flexibility index (Phi) is 11.6.